The Kier molecular flexibility index (Phi) is 31.8. The predicted octanol–water partition coefficient (Wildman–Crippen LogP) is 1.43. The minimum Gasteiger partial charge on any atom is -0.508 e. The van der Waals surface area contributed by atoms with E-state index in [0.29, 0.717) is 86.9 Å². The van der Waals surface area contributed by atoms with Crippen molar-refractivity contribution in [2.75, 3.05) is 88.5 Å². The van der Waals surface area contributed by atoms with E-state index in [2.05, 4.69) is 124 Å². The number of thioether (sulfide) groups is 1. The first kappa shape index (κ1) is 83.4. The lowest BCUT2D eigenvalue weighted by Crippen LogP contribution is -2.61. The van der Waals surface area contributed by atoms with Gasteiger partial charge in [-0.2, -0.15) is 37.0 Å². The summed E-state index contributed by atoms with van der Waals surface area (Å²) in [6, 6.07) is 18.5. The number of aliphatic hydroxyl groups is 1. The summed E-state index contributed by atoms with van der Waals surface area (Å²) in [7, 11) is 0. The smallest absolute Gasteiger partial charge is 0.244 e. The molecule has 0 spiro atoms. The van der Waals surface area contributed by atoms with Crippen molar-refractivity contribution in [3.05, 3.63) is 137 Å². The third kappa shape index (κ3) is 23.4. The second kappa shape index (κ2) is 41.2. The van der Waals surface area contributed by atoms with Crippen LogP contribution in [0.25, 0.3) is 21.8 Å². The van der Waals surface area contributed by atoms with Crippen LogP contribution >= 0.6 is 37.0 Å². The fourth-order valence-electron chi connectivity index (χ4n) is 14.6. The van der Waals surface area contributed by atoms with E-state index in [1.165, 1.54) is 41.1 Å². The van der Waals surface area contributed by atoms with Crippen molar-refractivity contribution in [1.82, 2.24) is 72.5 Å². The fourth-order valence-corrected chi connectivity index (χ4v) is 16.1. The van der Waals surface area contributed by atoms with Gasteiger partial charge in [0.15, 0.2) is 0 Å². The number of nitrogens with two attached hydrogens (primary N) is 2. The van der Waals surface area contributed by atoms with E-state index in [0.717, 1.165) is 54.6 Å². The van der Waals surface area contributed by atoms with Crippen molar-refractivity contribution in [3.63, 3.8) is 0 Å². The van der Waals surface area contributed by atoms with Gasteiger partial charge in [0.25, 0.3) is 0 Å². The molecule has 0 bridgehead atoms. The number of aromatic amines is 2. The Labute approximate surface area is 645 Å². The van der Waals surface area contributed by atoms with Gasteiger partial charge in [0.05, 0.1) is 18.4 Å². The maximum atomic E-state index is 15.1. The minimum atomic E-state index is -1.48. The molecule has 0 saturated carbocycles. The third-order valence-electron chi connectivity index (χ3n) is 20.4. The van der Waals surface area contributed by atoms with Crippen molar-refractivity contribution < 1.29 is 58.2 Å². The number of carbonyl (C=O) groups is 10. The summed E-state index contributed by atoms with van der Waals surface area (Å²) in [5.74, 6) is -5.40. The van der Waals surface area contributed by atoms with E-state index >= 15 is 4.79 Å². The van der Waals surface area contributed by atoms with Gasteiger partial charge in [0.1, 0.15) is 54.1 Å². The molecule has 0 radical (unpaired) electrons. The quantitative estimate of drug-likeness (QED) is 0.0191. The number of rotatable bonds is 41. The first-order chi connectivity index (χ1) is 52.1. The number of likely N-dealkylation sites (tertiary alicyclic amines) is 1. The Hall–Kier alpha value is -8.69. The molecule has 17 N–H and O–H groups in total. The monoisotopic (exact) mass is 1540 g/mol. The Morgan fingerprint density at radius 1 is 0.611 bits per heavy atom. The number of piperidine rings is 1. The van der Waals surface area contributed by atoms with Gasteiger partial charge in [0, 0.05) is 123 Å². The molecule has 2 saturated heterocycles. The second-order valence-corrected chi connectivity index (χ2v) is 30.1. The van der Waals surface area contributed by atoms with Crippen molar-refractivity contribution >= 4 is 118 Å². The van der Waals surface area contributed by atoms with Gasteiger partial charge in [-0.15, -0.1) is 0 Å². The standard InChI is InChI=1S/C77H106N16O12S3/c1-4-27-93-40-49(33-55-54-17-13-20-58-68(54)51(39-82-58)37-65(55)93)44-108-45-67(97)80-26-28-91-29-31-92(32-30-91)41-66(96)83-60(34-47-14-7-6-8-15-47)73(101)89-63(42-106)76(104)86-61(35-48-21-23-52(95)24-22-48)74(102)87-62(36-50-38-81-57-18-10-9-16-53(50)57)75(103)85-59(19-11-12-25-78)72(100)84-56(5-2)71(99)88-64(43-107)77(105)90-69(46(3)94)70(79)98/h6-10,13-18,20-24,38-39,46,49,55-56,59-65,69,81-82,94-95,106-107H,4-5,11-12,19,25-37,40-45,78H2,1-3H3,(H2,79,98)(H,80,97)(H,83,96)(H,84,100)(H,85,103)(H,86,104)(H,87,102)(H,88,99)(H,89,101)(H,90,105)/t46-,49+,55-,56+,59+,60-,61+,62-,63+,64+,65-,69+/m1/s1. The van der Waals surface area contributed by atoms with Gasteiger partial charge < -0.3 is 79.5 Å². The summed E-state index contributed by atoms with van der Waals surface area (Å²) in [5, 5.41) is 47.1. The van der Waals surface area contributed by atoms with Crippen LogP contribution in [0.3, 0.4) is 0 Å². The van der Waals surface area contributed by atoms with Gasteiger partial charge >= 0.3 is 0 Å². The molecule has 584 valence electrons. The molecule has 28 nitrogen and oxygen atoms in total. The average Bonchev–Trinajstić information content (AvgIpc) is 1.52. The van der Waals surface area contributed by atoms with Crippen LogP contribution in [0.4, 0.5) is 0 Å². The van der Waals surface area contributed by atoms with E-state index < -0.39 is 108 Å². The number of nitrogens with one attached hydrogen (secondary N) is 11. The number of aromatic hydroxyl groups is 1. The number of amides is 10. The number of para-hydroxylation sites is 1. The van der Waals surface area contributed by atoms with Crippen LogP contribution in [0.1, 0.15) is 93.0 Å². The Bertz CT molecular complexity index is 4030. The zero-order chi connectivity index (χ0) is 77.4. The molecule has 31 heteroatoms. The molecule has 108 heavy (non-hydrogen) atoms. The number of phenols is 1. The maximum absolute atomic E-state index is 15.1. The number of H-pyrrole nitrogens is 2. The van der Waals surface area contributed by atoms with Crippen molar-refractivity contribution in [3.8, 4) is 5.75 Å². The van der Waals surface area contributed by atoms with Crippen LogP contribution in [0.2, 0.25) is 0 Å². The molecule has 4 aromatic carbocycles. The topological polar surface area (TPSA) is 413 Å². The highest BCUT2D eigenvalue weighted by Crippen LogP contribution is 2.45. The number of hydrogen-bond donors (Lipinski definition) is 17. The zero-order valence-corrected chi connectivity index (χ0v) is 64.2. The van der Waals surface area contributed by atoms with Gasteiger partial charge in [0.2, 0.25) is 59.1 Å². The third-order valence-corrected chi connectivity index (χ3v) is 22.3. The highest BCUT2D eigenvalue weighted by molar-refractivity contribution is 7.99. The number of thiol groups is 2. The molecule has 10 amide bonds. The van der Waals surface area contributed by atoms with Crippen LogP contribution in [-0.2, 0) is 73.6 Å². The number of fused-ring (bicyclic) bond motifs is 3. The fraction of sp³-hybridized carbons (Fsp3) is 0.506. The van der Waals surface area contributed by atoms with Crippen LogP contribution in [0.5, 0.6) is 5.75 Å². The zero-order valence-electron chi connectivity index (χ0n) is 61.6. The number of hydrogen-bond acceptors (Lipinski definition) is 19. The van der Waals surface area contributed by atoms with Crippen LogP contribution < -0.4 is 59.3 Å². The lowest BCUT2D eigenvalue weighted by molar-refractivity contribution is -0.136. The Balaban J connectivity index is 0.806. The summed E-state index contributed by atoms with van der Waals surface area (Å²) in [6.45, 7) is 11.0. The van der Waals surface area contributed by atoms with Gasteiger partial charge in [-0.25, -0.2) is 0 Å². The SMILES string of the molecule is CCCN1C[C@@H](CSCC(=O)NCCN2CCN(CC(=O)N[C@H](Cc3ccccc3)C(=O)N[C@@H](CS)C(=O)N[C@@H](Cc3ccc(O)cc3)C(=O)N[C@H](Cc3c[nH]c4ccccc34)C(=O)N[C@@H](CCCCN)C(=O)N[C@@H](CC)C(=O)N[C@@H](CS)C(=O)N[C@H](C(N)=O)[C@@H](C)O)CC2)C[C@@H]2c3cccc4[nH]cc(c34)C[C@H]21. The van der Waals surface area contributed by atoms with E-state index in [4.69, 9.17) is 11.5 Å². The number of benzene rings is 4. The van der Waals surface area contributed by atoms with Crippen molar-refractivity contribution in [2.24, 2.45) is 17.4 Å². The summed E-state index contributed by atoms with van der Waals surface area (Å²) >= 11 is 10.4. The molecule has 6 aromatic rings. The van der Waals surface area contributed by atoms with Crippen molar-refractivity contribution in [1.29, 1.82) is 0 Å². The van der Waals surface area contributed by atoms with Gasteiger partial charge in [-0.1, -0.05) is 86.6 Å². The van der Waals surface area contributed by atoms with E-state index in [1.807, 2.05) is 41.3 Å². The van der Waals surface area contributed by atoms with Gasteiger partial charge in [-0.05, 0) is 129 Å². The number of nitrogens with zero attached hydrogens (tertiary/aromatic N) is 3. The molecule has 0 unspecified atom stereocenters. The first-order valence-corrected chi connectivity index (χ1v) is 39.8. The highest BCUT2D eigenvalue weighted by atomic mass is 32.2. The number of primary amides is 1. The maximum Gasteiger partial charge on any atom is 0.244 e. The molecule has 4 heterocycles. The molecule has 2 fully saturated rings. The number of piperazine rings is 1. The lowest BCUT2D eigenvalue weighted by atomic mass is 9.72. The molecular weight excluding hydrogens is 1440 g/mol. The molecule has 1 aliphatic carbocycles. The molecule has 3 aliphatic rings. The van der Waals surface area contributed by atoms with Crippen molar-refractivity contribution in [2.45, 2.75) is 151 Å². The largest absolute Gasteiger partial charge is 0.508 e. The van der Waals surface area contributed by atoms with Crippen LogP contribution in [0, 0.1) is 5.92 Å². The number of aromatic nitrogens is 2. The summed E-state index contributed by atoms with van der Waals surface area (Å²) in [4.78, 5) is 153. The molecule has 9 rings (SSSR count). The first-order valence-electron chi connectivity index (χ1n) is 37.4. The van der Waals surface area contributed by atoms with E-state index in [-0.39, 0.29) is 68.4 Å². The summed E-state index contributed by atoms with van der Waals surface area (Å²) in [6.07, 6.45) is 6.33. The van der Waals surface area contributed by atoms with E-state index in [9.17, 15) is 53.4 Å². The lowest BCUT2D eigenvalue weighted by Gasteiger charge is -2.47. The minimum absolute atomic E-state index is 0.00983. The number of unbranched alkanes of at least 4 members (excludes halogenated alkanes) is 1. The number of phenolic OH excluding ortho intramolecular Hbond substituents is 1. The summed E-state index contributed by atoms with van der Waals surface area (Å²) < 4.78 is 0. The highest BCUT2D eigenvalue weighted by Gasteiger charge is 2.41. The molecule has 2 aliphatic heterocycles. The molecular formula is C77H106N16O12S3. The predicted molar refractivity (Wildman–Crippen MR) is 423 cm³/mol. The Morgan fingerprint density at radius 3 is 1.82 bits per heavy atom. The molecule has 2 aromatic heterocycles. The Morgan fingerprint density at radius 2 is 1.18 bits per heavy atom. The number of aliphatic hydroxyl groups excluding tert-OH is 1. The summed E-state index contributed by atoms with van der Waals surface area (Å²) in [5.41, 5.74) is 17.8. The van der Waals surface area contributed by atoms with Gasteiger partial charge in [-0.3, -0.25) is 62.6 Å². The normalized spacial score (nSPS) is 18.5. The number of carbonyl (C=O) groups excluding carboxylic acids is 10. The second-order valence-electron chi connectivity index (χ2n) is 28.3. The average molecular weight is 1540 g/mol. The molecule has 12 atom stereocenters. The van der Waals surface area contributed by atoms with Crippen LogP contribution in [0.15, 0.2) is 109 Å². The van der Waals surface area contributed by atoms with E-state index in [1.54, 1.807) is 55.2 Å². The van der Waals surface area contributed by atoms with Crippen LogP contribution in [-0.4, -0.2) is 243 Å².